The highest BCUT2D eigenvalue weighted by Gasteiger charge is 2.01. The van der Waals surface area contributed by atoms with E-state index in [1.807, 2.05) is 19.9 Å². The summed E-state index contributed by atoms with van der Waals surface area (Å²) in [6.45, 7) is 4.03. The molecule has 0 spiro atoms. The molecule has 0 aliphatic heterocycles. The molecule has 56 valence electrons. The molecule has 2 nitrogen and oxygen atoms in total. The summed E-state index contributed by atoms with van der Waals surface area (Å²) in [4.78, 5) is 8.54. The van der Waals surface area contributed by atoms with E-state index in [0.29, 0.717) is 0 Å². The fourth-order valence-electron chi connectivity index (χ4n) is 1.09. The lowest BCUT2D eigenvalue weighted by atomic mass is 10.3. The number of rotatable bonds is 0. The molecule has 3 heteroatoms. The zero-order chi connectivity index (χ0) is 7.84. The van der Waals surface area contributed by atoms with Crippen LogP contribution in [-0.2, 0) is 0 Å². The molecule has 0 aliphatic rings. The second-order valence-corrected chi connectivity index (χ2v) is 3.68. The van der Waals surface area contributed by atoms with Crippen LogP contribution in [0.4, 0.5) is 0 Å². The van der Waals surface area contributed by atoms with Crippen LogP contribution in [0.3, 0.4) is 0 Å². The minimum absolute atomic E-state index is 1.07. The van der Waals surface area contributed by atoms with Crippen LogP contribution >= 0.6 is 11.3 Å². The van der Waals surface area contributed by atoms with Gasteiger partial charge in [0.25, 0.3) is 0 Å². The molecule has 0 N–H and O–H groups in total. The molecule has 0 unspecified atom stereocenters. The van der Waals surface area contributed by atoms with Crippen molar-refractivity contribution in [2.75, 3.05) is 0 Å². The Labute approximate surface area is 68.9 Å². The Hall–Kier alpha value is -0.960. The topological polar surface area (TPSA) is 25.8 Å². The number of nitrogens with zero attached hydrogens (tertiary/aromatic N) is 2. The van der Waals surface area contributed by atoms with E-state index in [2.05, 4.69) is 9.97 Å². The maximum Gasteiger partial charge on any atom is 0.0908 e. The van der Waals surface area contributed by atoms with Gasteiger partial charge < -0.3 is 0 Å². The minimum Gasteiger partial charge on any atom is -0.260 e. The lowest BCUT2D eigenvalue weighted by Crippen LogP contribution is -1.77. The number of aryl methyl sites for hydroxylation is 2. The van der Waals surface area contributed by atoms with Crippen molar-refractivity contribution in [3.8, 4) is 0 Å². The zero-order valence-corrected chi connectivity index (χ0v) is 7.27. The number of aromatic nitrogens is 2. The molecule has 0 fully saturated rings. The first-order chi connectivity index (χ1) is 5.27. The highest BCUT2D eigenvalue weighted by molar-refractivity contribution is 7.18. The molecular formula is C8H8N2S. The normalized spacial score (nSPS) is 10.7. The van der Waals surface area contributed by atoms with E-state index < -0.39 is 0 Å². The second-order valence-electron chi connectivity index (χ2n) is 2.48. The van der Waals surface area contributed by atoms with Crippen molar-refractivity contribution in [3.63, 3.8) is 0 Å². The average molecular weight is 164 g/mol. The molecule has 0 amide bonds. The summed E-state index contributed by atoms with van der Waals surface area (Å²) in [7, 11) is 0. The van der Waals surface area contributed by atoms with Gasteiger partial charge in [-0.3, -0.25) is 4.98 Å². The molecule has 0 aliphatic carbocycles. The fourth-order valence-corrected chi connectivity index (χ4v) is 1.95. The van der Waals surface area contributed by atoms with E-state index in [0.717, 1.165) is 16.2 Å². The van der Waals surface area contributed by atoms with Gasteiger partial charge in [0.05, 0.1) is 20.9 Å². The average Bonchev–Trinajstić information content (AvgIpc) is 2.31. The van der Waals surface area contributed by atoms with Crippen LogP contribution in [0.15, 0.2) is 12.3 Å². The van der Waals surface area contributed by atoms with Crippen LogP contribution < -0.4 is 0 Å². The molecule has 2 aromatic heterocycles. The molecule has 0 bridgehead atoms. The highest BCUT2D eigenvalue weighted by atomic mass is 32.1. The molecule has 2 rings (SSSR count). The van der Waals surface area contributed by atoms with Gasteiger partial charge >= 0.3 is 0 Å². The number of fused-ring (bicyclic) bond motifs is 1. The second kappa shape index (κ2) is 2.27. The maximum absolute atomic E-state index is 4.35. The van der Waals surface area contributed by atoms with Crippen molar-refractivity contribution in [3.05, 3.63) is 23.0 Å². The van der Waals surface area contributed by atoms with Gasteiger partial charge in [0.1, 0.15) is 0 Å². The Morgan fingerprint density at radius 3 is 2.91 bits per heavy atom. The highest BCUT2D eigenvalue weighted by Crippen LogP contribution is 2.22. The molecule has 2 heterocycles. The first-order valence-corrected chi connectivity index (χ1v) is 4.28. The molecule has 0 aromatic carbocycles. The summed E-state index contributed by atoms with van der Waals surface area (Å²) in [5.41, 5.74) is 2.15. The summed E-state index contributed by atoms with van der Waals surface area (Å²) in [6.07, 6.45) is 1.80. The lowest BCUT2D eigenvalue weighted by molar-refractivity contribution is 1.23. The van der Waals surface area contributed by atoms with Gasteiger partial charge in [0.15, 0.2) is 0 Å². The summed E-state index contributed by atoms with van der Waals surface area (Å²) >= 11 is 1.71. The predicted molar refractivity (Wildman–Crippen MR) is 46.9 cm³/mol. The summed E-state index contributed by atoms with van der Waals surface area (Å²) < 4.78 is 1.21. The van der Waals surface area contributed by atoms with Crippen molar-refractivity contribution >= 4 is 21.6 Å². The van der Waals surface area contributed by atoms with Crippen LogP contribution in [0.2, 0.25) is 0 Å². The molecular weight excluding hydrogens is 156 g/mol. The van der Waals surface area contributed by atoms with Gasteiger partial charge in [0.2, 0.25) is 0 Å². The number of hydrogen-bond acceptors (Lipinski definition) is 3. The first kappa shape index (κ1) is 6.73. The van der Waals surface area contributed by atoms with E-state index in [-0.39, 0.29) is 0 Å². The minimum atomic E-state index is 1.07. The van der Waals surface area contributed by atoms with Gasteiger partial charge in [-0.25, -0.2) is 4.98 Å². The molecule has 2 aromatic rings. The number of thiazole rings is 1. The fraction of sp³-hybridized carbons (Fsp3) is 0.250. The van der Waals surface area contributed by atoms with Crippen LogP contribution in [0.25, 0.3) is 10.2 Å². The molecule has 11 heavy (non-hydrogen) atoms. The summed E-state index contributed by atoms with van der Waals surface area (Å²) in [6, 6.07) is 1.95. The zero-order valence-electron chi connectivity index (χ0n) is 6.46. The third-order valence-corrected chi connectivity index (χ3v) is 2.68. The van der Waals surface area contributed by atoms with Crippen LogP contribution in [0.1, 0.15) is 10.7 Å². The van der Waals surface area contributed by atoms with Crippen molar-refractivity contribution in [2.45, 2.75) is 13.8 Å². The Bertz CT molecular complexity index is 392. The Balaban J connectivity index is 2.90. The van der Waals surface area contributed by atoms with Gasteiger partial charge in [-0.2, -0.15) is 0 Å². The summed E-state index contributed by atoms with van der Waals surface area (Å²) in [5.74, 6) is 0. The SMILES string of the molecule is Cc1nc2ccnc(C)c2s1. The number of hydrogen-bond donors (Lipinski definition) is 0. The monoisotopic (exact) mass is 164 g/mol. The first-order valence-electron chi connectivity index (χ1n) is 3.46. The van der Waals surface area contributed by atoms with E-state index in [4.69, 9.17) is 0 Å². The van der Waals surface area contributed by atoms with Crippen molar-refractivity contribution in [1.29, 1.82) is 0 Å². The van der Waals surface area contributed by atoms with Crippen molar-refractivity contribution in [1.82, 2.24) is 9.97 Å². The molecule has 0 saturated heterocycles. The Kier molecular flexibility index (Phi) is 1.39. The third-order valence-electron chi connectivity index (χ3n) is 1.59. The largest absolute Gasteiger partial charge is 0.260 e. The van der Waals surface area contributed by atoms with Gasteiger partial charge in [0, 0.05) is 6.20 Å². The number of pyridine rings is 1. The van der Waals surface area contributed by atoms with Crippen LogP contribution in [0, 0.1) is 13.8 Å². The smallest absolute Gasteiger partial charge is 0.0908 e. The van der Waals surface area contributed by atoms with E-state index >= 15 is 0 Å². The molecule has 0 atom stereocenters. The quantitative estimate of drug-likeness (QED) is 0.597. The Morgan fingerprint density at radius 2 is 2.18 bits per heavy atom. The van der Waals surface area contributed by atoms with Gasteiger partial charge in [-0.15, -0.1) is 11.3 Å². The van der Waals surface area contributed by atoms with E-state index in [9.17, 15) is 0 Å². The van der Waals surface area contributed by atoms with Crippen molar-refractivity contribution in [2.24, 2.45) is 0 Å². The van der Waals surface area contributed by atoms with E-state index in [1.54, 1.807) is 17.5 Å². The van der Waals surface area contributed by atoms with Gasteiger partial charge in [-0.05, 0) is 19.9 Å². The summed E-state index contributed by atoms with van der Waals surface area (Å²) in [5, 5.41) is 1.11. The van der Waals surface area contributed by atoms with E-state index in [1.165, 1.54) is 4.70 Å². The molecule has 0 radical (unpaired) electrons. The lowest BCUT2D eigenvalue weighted by Gasteiger charge is -1.89. The molecule has 0 saturated carbocycles. The van der Waals surface area contributed by atoms with Crippen LogP contribution in [-0.4, -0.2) is 9.97 Å². The van der Waals surface area contributed by atoms with Crippen molar-refractivity contribution < 1.29 is 0 Å². The standard InChI is InChI=1S/C8H8N2S/c1-5-8-7(3-4-9-5)10-6(2)11-8/h3-4H,1-2H3. The third kappa shape index (κ3) is 1.01. The maximum atomic E-state index is 4.35. The Morgan fingerprint density at radius 1 is 1.36 bits per heavy atom. The van der Waals surface area contributed by atoms with Crippen LogP contribution in [0.5, 0.6) is 0 Å². The van der Waals surface area contributed by atoms with Gasteiger partial charge in [-0.1, -0.05) is 0 Å². The predicted octanol–water partition coefficient (Wildman–Crippen LogP) is 2.31.